The second-order valence-corrected chi connectivity index (χ2v) is 14.3. The first-order valence-corrected chi connectivity index (χ1v) is 18.7. The summed E-state index contributed by atoms with van der Waals surface area (Å²) in [6, 6.07) is 16.7. The van der Waals surface area contributed by atoms with E-state index in [2.05, 4.69) is 69.3 Å². The molecule has 0 radical (unpaired) electrons. The van der Waals surface area contributed by atoms with Crippen LogP contribution in [0.3, 0.4) is 0 Å². The Labute approximate surface area is 276 Å². The fraction of sp³-hybridized carbons (Fsp3) is 0.707. The van der Waals surface area contributed by atoms with Crippen LogP contribution in [-0.4, -0.2) is 25.9 Å². The normalized spacial score (nSPS) is 22.6. The average molecular weight is 621 g/mol. The van der Waals surface area contributed by atoms with Crippen molar-refractivity contribution in [3.05, 3.63) is 59.7 Å². The number of benzene rings is 2. The Morgan fingerprint density at radius 3 is 1.38 bits per heavy atom. The van der Waals surface area contributed by atoms with Crippen LogP contribution in [0.4, 0.5) is 0 Å². The van der Waals surface area contributed by atoms with E-state index in [-0.39, 0.29) is 6.10 Å². The van der Waals surface area contributed by atoms with Gasteiger partial charge in [0.1, 0.15) is 11.5 Å². The standard InChI is InChI=1S/C41H64O4/c1-4-8-34-12-16-36(17-13-34)10-6-28-43-40-24-20-38(21-25-40)31-42-30-33(3)45-32-39-22-26-41(27-23-39)44-29-7-11-37-18-14-35(9-5-2)15-19-37/h20-27,33-37H,4-19,28-32H2,1-3H3. The van der Waals surface area contributed by atoms with Crippen LogP contribution in [0.5, 0.6) is 11.5 Å². The molecule has 2 aromatic rings. The van der Waals surface area contributed by atoms with Crippen molar-refractivity contribution in [3.8, 4) is 11.5 Å². The van der Waals surface area contributed by atoms with Gasteiger partial charge < -0.3 is 18.9 Å². The highest BCUT2D eigenvalue weighted by Gasteiger charge is 2.21. The van der Waals surface area contributed by atoms with Crippen molar-refractivity contribution in [2.45, 2.75) is 143 Å². The molecule has 2 aromatic carbocycles. The average Bonchev–Trinajstić information content (AvgIpc) is 3.07. The van der Waals surface area contributed by atoms with E-state index in [1.165, 1.54) is 89.9 Å². The summed E-state index contributed by atoms with van der Waals surface area (Å²) < 4.78 is 24.0. The van der Waals surface area contributed by atoms with Gasteiger partial charge in [-0.25, -0.2) is 0 Å². The highest BCUT2D eigenvalue weighted by molar-refractivity contribution is 5.27. The molecule has 252 valence electrons. The molecule has 0 spiro atoms. The van der Waals surface area contributed by atoms with E-state index in [9.17, 15) is 0 Å². The maximum atomic E-state index is 6.04. The monoisotopic (exact) mass is 620 g/mol. The minimum Gasteiger partial charge on any atom is -0.494 e. The Morgan fingerprint density at radius 1 is 0.556 bits per heavy atom. The van der Waals surface area contributed by atoms with E-state index in [1.807, 2.05) is 0 Å². The van der Waals surface area contributed by atoms with Gasteiger partial charge in [0.2, 0.25) is 0 Å². The second-order valence-electron chi connectivity index (χ2n) is 14.3. The van der Waals surface area contributed by atoms with Gasteiger partial charge in [0.25, 0.3) is 0 Å². The van der Waals surface area contributed by atoms with Gasteiger partial charge in [-0.1, -0.05) is 115 Å². The smallest absolute Gasteiger partial charge is 0.119 e. The van der Waals surface area contributed by atoms with Crippen LogP contribution >= 0.6 is 0 Å². The van der Waals surface area contributed by atoms with Crippen molar-refractivity contribution < 1.29 is 18.9 Å². The van der Waals surface area contributed by atoms with E-state index in [0.717, 1.165) is 72.4 Å². The topological polar surface area (TPSA) is 36.9 Å². The molecular formula is C41H64O4. The summed E-state index contributed by atoms with van der Waals surface area (Å²) >= 11 is 0. The highest BCUT2D eigenvalue weighted by Crippen LogP contribution is 2.35. The quantitative estimate of drug-likeness (QED) is 0.130. The van der Waals surface area contributed by atoms with E-state index in [1.54, 1.807) is 0 Å². The van der Waals surface area contributed by atoms with Crippen molar-refractivity contribution in [1.29, 1.82) is 0 Å². The first kappa shape index (κ1) is 35.8. The van der Waals surface area contributed by atoms with Crippen molar-refractivity contribution in [1.82, 2.24) is 0 Å². The summed E-state index contributed by atoms with van der Waals surface area (Å²) in [5.41, 5.74) is 2.32. The van der Waals surface area contributed by atoms with Gasteiger partial charge in [0, 0.05) is 0 Å². The van der Waals surface area contributed by atoms with Gasteiger partial charge >= 0.3 is 0 Å². The maximum absolute atomic E-state index is 6.04. The zero-order valence-electron chi connectivity index (χ0n) is 29.0. The second kappa shape index (κ2) is 21.0. The third-order valence-corrected chi connectivity index (χ3v) is 10.4. The summed E-state index contributed by atoms with van der Waals surface area (Å²) in [6.07, 6.45) is 22.0. The third-order valence-electron chi connectivity index (χ3n) is 10.4. The largest absolute Gasteiger partial charge is 0.494 e. The van der Waals surface area contributed by atoms with Crippen LogP contribution in [0.1, 0.15) is 135 Å². The van der Waals surface area contributed by atoms with Gasteiger partial charge in [-0.05, 0) is 91.7 Å². The third kappa shape index (κ3) is 14.1. The molecule has 4 rings (SSSR count). The molecule has 2 aliphatic carbocycles. The van der Waals surface area contributed by atoms with Crippen molar-refractivity contribution in [3.63, 3.8) is 0 Å². The maximum Gasteiger partial charge on any atom is 0.119 e. The summed E-state index contributed by atoms with van der Waals surface area (Å²) in [4.78, 5) is 0. The summed E-state index contributed by atoms with van der Waals surface area (Å²) in [5.74, 6) is 5.73. The molecule has 1 atom stereocenters. The zero-order valence-corrected chi connectivity index (χ0v) is 29.0. The van der Waals surface area contributed by atoms with Crippen molar-refractivity contribution in [2.75, 3.05) is 19.8 Å². The minimum atomic E-state index is 0.0299. The lowest BCUT2D eigenvalue weighted by Gasteiger charge is -2.28. The van der Waals surface area contributed by atoms with Gasteiger partial charge in [-0.3, -0.25) is 0 Å². The molecule has 4 nitrogen and oxygen atoms in total. The molecule has 0 aromatic heterocycles. The molecule has 2 saturated carbocycles. The van der Waals surface area contributed by atoms with Crippen LogP contribution in [0.2, 0.25) is 0 Å². The molecule has 4 heteroatoms. The minimum absolute atomic E-state index is 0.0299. The van der Waals surface area contributed by atoms with E-state index < -0.39 is 0 Å². The first-order valence-electron chi connectivity index (χ1n) is 18.7. The summed E-state index contributed by atoms with van der Waals surface area (Å²) in [5, 5.41) is 0. The molecule has 0 bridgehead atoms. The lowest BCUT2D eigenvalue weighted by molar-refractivity contribution is -0.0198. The number of hydrogen-bond donors (Lipinski definition) is 0. The SMILES string of the molecule is CCCC1CCC(CCCOc2ccc(COCC(C)OCc3ccc(OCCCC4CCC(CCC)CC4)cc3)cc2)CC1. The number of ether oxygens (including phenoxy) is 4. The molecule has 0 amide bonds. The highest BCUT2D eigenvalue weighted by atomic mass is 16.5. The predicted octanol–water partition coefficient (Wildman–Crippen LogP) is 11.3. The van der Waals surface area contributed by atoms with Crippen LogP contribution in [0.15, 0.2) is 48.5 Å². The van der Waals surface area contributed by atoms with Gasteiger partial charge in [0.05, 0.1) is 39.1 Å². The fourth-order valence-corrected chi connectivity index (χ4v) is 7.55. The van der Waals surface area contributed by atoms with E-state index in [0.29, 0.717) is 19.8 Å². The Balaban J connectivity index is 0.996. The van der Waals surface area contributed by atoms with E-state index >= 15 is 0 Å². The van der Waals surface area contributed by atoms with Crippen LogP contribution in [0, 0.1) is 23.7 Å². The molecule has 0 saturated heterocycles. The molecule has 0 N–H and O–H groups in total. The molecular weight excluding hydrogens is 556 g/mol. The fourth-order valence-electron chi connectivity index (χ4n) is 7.55. The van der Waals surface area contributed by atoms with Gasteiger partial charge in [-0.15, -0.1) is 0 Å². The van der Waals surface area contributed by atoms with Gasteiger partial charge in [-0.2, -0.15) is 0 Å². The van der Waals surface area contributed by atoms with Crippen molar-refractivity contribution in [2.24, 2.45) is 23.7 Å². The Kier molecular flexibility index (Phi) is 16.7. The summed E-state index contributed by atoms with van der Waals surface area (Å²) in [7, 11) is 0. The number of rotatable bonds is 21. The molecule has 0 aliphatic heterocycles. The molecule has 2 fully saturated rings. The predicted molar refractivity (Wildman–Crippen MR) is 187 cm³/mol. The lowest BCUT2D eigenvalue weighted by Crippen LogP contribution is -2.16. The van der Waals surface area contributed by atoms with Gasteiger partial charge in [0.15, 0.2) is 0 Å². The first-order chi connectivity index (χ1) is 22.1. The summed E-state index contributed by atoms with van der Waals surface area (Å²) in [6.45, 7) is 10.1. The van der Waals surface area contributed by atoms with Crippen LogP contribution < -0.4 is 9.47 Å². The molecule has 0 heterocycles. The molecule has 45 heavy (non-hydrogen) atoms. The zero-order chi connectivity index (χ0) is 31.5. The molecule has 2 aliphatic rings. The molecule has 1 unspecified atom stereocenters. The van der Waals surface area contributed by atoms with Crippen molar-refractivity contribution >= 4 is 0 Å². The Bertz CT molecular complexity index is 1000. The van der Waals surface area contributed by atoms with Crippen LogP contribution in [-0.2, 0) is 22.7 Å². The lowest BCUT2D eigenvalue weighted by atomic mass is 9.78. The Hall–Kier alpha value is -2.04. The Morgan fingerprint density at radius 2 is 0.956 bits per heavy atom. The van der Waals surface area contributed by atoms with Crippen LogP contribution in [0.25, 0.3) is 0 Å². The van der Waals surface area contributed by atoms with E-state index in [4.69, 9.17) is 18.9 Å². The number of hydrogen-bond acceptors (Lipinski definition) is 4.